The number of rotatable bonds is 8. The number of anilines is 1. The number of hydrogen-bond acceptors (Lipinski definition) is 5. The van der Waals surface area contributed by atoms with Gasteiger partial charge in [0.25, 0.3) is 5.69 Å². The molecule has 8 heteroatoms. The Hall–Kier alpha value is -2.35. The van der Waals surface area contributed by atoms with Crippen molar-refractivity contribution in [2.24, 2.45) is 4.99 Å². The van der Waals surface area contributed by atoms with Gasteiger partial charge in [-0.3, -0.25) is 15.1 Å². The second-order valence-corrected chi connectivity index (χ2v) is 5.48. The number of ether oxygens (including phenoxy) is 1. The molecule has 1 saturated heterocycles. The maximum atomic E-state index is 11.0. The molecule has 1 aromatic rings. The lowest BCUT2D eigenvalue weighted by Crippen LogP contribution is -2.40. The average molecular weight is 335 g/mol. The van der Waals surface area contributed by atoms with Gasteiger partial charge in [-0.2, -0.15) is 0 Å². The second kappa shape index (κ2) is 9.71. The van der Waals surface area contributed by atoms with E-state index in [-0.39, 0.29) is 16.7 Å². The molecule has 2 rings (SSSR count). The van der Waals surface area contributed by atoms with Gasteiger partial charge in [-0.25, -0.2) is 0 Å². The fourth-order valence-electron chi connectivity index (χ4n) is 2.48. The third-order valence-electron chi connectivity index (χ3n) is 3.65. The molecule has 0 aliphatic carbocycles. The second-order valence-electron chi connectivity index (χ2n) is 5.48. The molecule has 0 saturated carbocycles. The van der Waals surface area contributed by atoms with Crippen molar-refractivity contribution < 1.29 is 9.66 Å². The van der Waals surface area contributed by atoms with Crippen LogP contribution in [0.15, 0.2) is 29.3 Å². The van der Waals surface area contributed by atoms with Crippen LogP contribution < -0.4 is 16.0 Å². The summed E-state index contributed by atoms with van der Waals surface area (Å²) in [6.45, 7) is 5.40. The van der Waals surface area contributed by atoms with Gasteiger partial charge in [0.2, 0.25) is 0 Å². The van der Waals surface area contributed by atoms with Gasteiger partial charge in [0.1, 0.15) is 5.69 Å². The summed E-state index contributed by atoms with van der Waals surface area (Å²) in [5.41, 5.74) is 0.599. The van der Waals surface area contributed by atoms with Crippen LogP contribution in [-0.2, 0) is 4.74 Å². The Morgan fingerprint density at radius 3 is 2.92 bits per heavy atom. The third kappa shape index (κ3) is 5.69. The zero-order valence-electron chi connectivity index (χ0n) is 14.0. The van der Waals surface area contributed by atoms with Gasteiger partial charge >= 0.3 is 0 Å². The predicted octanol–water partition coefficient (Wildman–Crippen LogP) is 1.74. The number of nitrogens with zero attached hydrogens (tertiary/aromatic N) is 2. The summed E-state index contributed by atoms with van der Waals surface area (Å²) in [6, 6.07) is 6.62. The van der Waals surface area contributed by atoms with Crippen molar-refractivity contribution in [3.8, 4) is 0 Å². The molecule has 0 aromatic heterocycles. The largest absolute Gasteiger partial charge is 0.378 e. The standard InChI is InChI=1S/C16H25N5O3/c1-2-17-16(20-12-13-6-5-11-24-13)19-10-9-18-14-7-3-4-8-15(14)21(22)23/h3-4,7-8,13,18H,2,5-6,9-12H2,1H3,(H2,17,19,20). The number of para-hydroxylation sites is 2. The number of aliphatic imine (C=N–C) groups is 1. The summed E-state index contributed by atoms with van der Waals surface area (Å²) in [4.78, 5) is 15.1. The maximum absolute atomic E-state index is 11.0. The first kappa shape index (κ1) is 18.0. The van der Waals surface area contributed by atoms with Crippen molar-refractivity contribution in [2.75, 3.05) is 38.1 Å². The molecular formula is C16H25N5O3. The van der Waals surface area contributed by atoms with Crippen LogP contribution in [0.3, 0.4) is 0 Å². The lowest BCUT2D eigenvalue weighted by atomic mass is 10.2. The van der Waals surface area contributed by atoms with Gasteiger partial charge in [0, 0.05) is 32.3 Å². The molecule has 0 amide bonds. The van der Waals surface area contributed by atoms with E-state index in [1.165, 1.54) is 6.07 Å². The minimum absolute atomic E-state index is 0.0801. The minimum atomic E-state index is -0.386. The van der Waals surface area contributed by atoms with Crippen LogP contribution in [0.2, 0.25) is 0 Å². The van der Waals surface area contributed by atoms with Crippen LogP contribution >= 0.6 is 0 Å². The van der Waals surface area contributed by atoms with E-state index in [1.807, 2.05) is 6.92 Å². The Kier molecular flexibility index (Phi) is 7.28. The van der Waals surface area contributed by atoms with Gasteiger partial charge in [-0.15, -0.1) is 0 Å². The molecule has 1 fully saturated rings. The molecule has 1 aliphatic rings. The Balaban J connectivity index is 1.78. The number of benzene rings is 1. The maximum Gasteiger partial charge on any atom is 0.292 e. The average Bonchev–Trinajstić information content (AvgIpc) is 3.10. The van der Waals surface area contributed by atoms with Crippen LogP contribution in [0.25, 0.3) is 0 Å². The van der Waals surface area contributed by atoms with E-state index in [0.717, 1.165) is 32.0 Å². The Morgan fingerprint density at radius 2 is 2.21 bits per heavy atom. The Bertz CT molecular complexity index is 558. The molecule has 0 bridgehead atoms. The molecule has 24 heavy (non-hydrogen) atoms. The number of guanidine groups is 1. The molecule has 1 unspecified atom stereocenters. The molecule has 1 atom stereocenters. The van der Waals surface area contributed by atoms with Crippen LogP contribution in [0.5, 0.6) is 0 Å². The van der Waals surface area contributed by atoms with Gasteiger partial charge in [-0.1, -0.05) is 12.1 Å². The van der Waals surface area contributed by atoms with E-state index in [9.17, 15) is 10.1 Å². The number of nitrogens with one attached hydrogen (secondary N) is 3. The number of nitro groups is 1. The van der Waals surface area contributed by atoms with Crippen LogP contribution in [0.4, 0.5) is 11.4 Å². The molecule has 1 heterocycles. The van der Waals surface area contributed by atoms with Crippen LogP contribution in [0, 0.1) is 10.1 Å². The molecule has 0 spiro atoms. The number of hydrogen-bond donors (Lipinski definition) is 3. The highest BCUT2D eigenvalue weighted by Crippen LogP contribution is 2.22. The van der Waals surface area contributed by atoms with Crippen molar-refractivity contribution in [3.63, 3.8) is 0 Å². The van der Waals surface area contributed by atoms with Crippen molar-refractivity contribution in [2.45, 2.75) is 25.9 Å². The summed E-state index contributed by atoms with van der Waals surface area (Å²) in [5, 5.41) is 20.4. The first-order valence-electron chi connectivity index (χ1n) is 8.31. The lowest BCUT2D eigenvalue weighted by molar-refractivity contribution is -0.384. The topological polar surface area (TPSA) is 101 Å². The first-order valence-corrected chi connectivity index (χ1v) is 8.31. The normalized spacial score (nSPS) is 17.5. The summed E-state index contributed by atoms with van der Waals surface area (Å²) < 4.78 is 5.56. The zero-order valence-corrected chi connectivity index (χ0v) is 14.0. The van der Waals surface area contributed by atoms with Crippen LogP contribution in [-0.4, -0.2) is 49.8 Å². The third-order valence-corrected chi connectivity index (χ3v) is 3.65. The molecular weight excluding hydrogens is 310 g/mol. The van der Waals surface area contributed by atoms with Crippen molar-refractivity contribution in [1.82, 2.24) is 10.6 Å². The van der Waals surface area contributed by atoms with Gasteiger partial charge < -0.3 is 20.7 Å². The fraction of sp³-hybridized carbons (Fsp3) is 0.562. The van der Waals surface area contributed by atoms with Crippen molar-refractivity contribution in [1.29, 1.82) is 0 Å². The SMILES string of the molecule is CCNC(=NCC1CCCO1)NCCNc1ccccc1[N+](=O)[O-]. The molecule has 1 aromatic carbocycles. The Labute approximate surface area is 141 Å². The summed E-state index contributed by atoms with van der Waals surface area (Å²) in [7, 11) is 0. The quantitative estimate of drug-likeness (QED) is 0.220. The minimum Gasteiger partial charge on any atom is -0.378 e. The summed E-state index contributed by atoms with van der Waals surface area (Å²) >= 11 is 0. The molecule has 0 radical (unpaired) electrons. The monoisotopic (exact) mass is 335 g/mol. The molecule has 8 nitrogen and oxygen atoms in total. The predicted molar refractivity (Wildman–Crippen MR) is 94.5 cm³/mol. The lowest BCUT2D eigenvalue weighted by Gasteiger charge is -2.13. The molecule has 132 valence electrons. The van der Waals surface area contributed by atoms with E-state index in [0.29, 0.717) is 25.3 Å². The summed E-state index contributed by atoms with van der Waals surface area (Å²) in [5.74, 6) is 0.734. The highest BCUT2D eigenvalue weighted by molar-refractivity contribution is 5.79. The Morgan fingerprint density at radius 1 is 1.38 bits per heavy atom. The van der Waals surface area contributed by atoms with Gasteiger partial charge in [-0.05, 0) is 25.8 Å². The highest BCUT2D eigenvalue weighted by atomic mass is 16.6. The highest BCUT2D eigenvalue weighted by Gasteiger charge is 2.15. The van der Waals surface area contributed by atoms with E-state index in [2.05, 4.69) is 20.9 Å². The first-order chi connectivity index (χ1) is 11.7. The van der Waals surface area contributed by atoms with Gasteiger partial charge in [0.15, 0.2) is 5.96 Å². The molecule has 1 aliphatic heterocycles. The van der Waals surface area contributed by atoms with E-state index >= 15 is 0 Å². The number of nitro benzene ring substituents is 1. The van der Waals surface area contributed by atoms with E-state index in [4.69, 9.17) is 4.74 Å². The fourth-order valence-corrected chi connectivity index (χ4v) is 2.48. The van der Waals surface area contributed by atoms with Crippen molar-refractivity contribution >= 4 is 17.3 Å². The zero-order chi connectivity index (χ0) is 17.2. The van der Waals surface area contributed by atoms with Gasteiger partial charge in [0.05, 0.1) is 17.6 Å². The van der Waals surface area contributed by atoms with E-state index < -0.39 is 0 Å². The molecule has 3 N–H and O–H groups in total. The van der Waals surface area contributed by atoms with E-state index in [1.54, 1.807) is 18.2 Å². The smallest absolute Gasteiger partial charge is 0.292 e. The van der Waals surface area contributed by atoms with Crippen LogP contribution in [0.1, 0.15) is 19.8 Å². The summed E-state index contributed by atoms with van der Waals surface area (Å²) in [6.07, 6.45) is 2.37. The van der Waals surface area contributed by atoms with Crippen molar-refractivity contribution in [3.05, 3.63) is 34.4 Å².